The third-order valence-electron chi connectivity index (χ3n) is 5.51. The van der Waals surface area contributed by atoms with Crippen molar-refractivity contribution in [2.24, 2.45) is 5.10 Å². The second-order valence-electron chi connectivity index (χ2n) is 8.40. The van der Waals surface area contributed by atoms with E-state index in [0.717, 1.165) is 18.4 Å². The van der Waals surface area contributed by atoms with Crippen LogP contribution in [0.2, 0.25) is 0 Å². The zero-order valence-electron chi connectivity index (χ0n) is 19.9. The molecule has 0 aromatic heterocycles. The lowest BCUT2D eigenvalue weighted by atomic mass is 10.1. The van der Waals surface area contributed by atoms with Crippen LogP contribution in [-0.4, -0.2) is 18.1 Å². The standard InChI is InChI=1S/C28H38N2O3/c1-2-3-4-5-6-7-8-9-10-11-15-18-27(31)30-29-23-24-19-21-26(22-20-24)33-28(32)25-16-13-12-14-17-25/h12-14,16-17,19-23H,2-11,15,18H2,1H3,(H,30,31). The first-order valence-corrected chi connectivity index (χ1v) is 12.4. The zero-order valence-corrected chi connectivity index (χ0v) is 19.9. The van der Waals surface area contributed by atoms with E-state index in [4.69, 9.17) is 4.74 Å². The van der Waals surface area contributed by atoms with Gasteiger partial charge in [0, 0.05) is 6.42 Å². The lowest BCUT2D eigenvalue weighted by molar-refractivity contribution is -0.121. The van der Waals surface area contributed by atoms with Gasteiger partial charge >= 0.3 is 5.97 Å². The monoisotopic (exact) mass is 450 g/mol. The van der Waals surface area contributed by atoms with Gasteiger partial charge in [-0.1, -0.05) is 89.3 Å². The minimum absolute atomic E-state index is 0.0596. The van der Waals surface area contributed by atoms with Crippen molar-refractivity contribution in [3.8, 4) is 5.75 Å². The van der Waals surface area contributed by atoms with Gasteiger partial charge in [-0.2, -0.15) is 5.10 Å². The summed E-state index contributed by atoms with van der Waals surface area (Å²) in [6, 6.07) is 15.8. The third kappa shape index (κ3) is 12.0. The molecule has 5 nitrogen and oxygen atoms in total. The molecule has 1 amide bonds. The Balaban J connectivity index is 1.53. The van der Waals surface area contributed by atoms with Gasteiger partial charge in [0.1, 0.15) is 5.75 Å². The molecule has 33 heavy (non-hydrogen) atoms. The Hall–Kier alpha value is -2.95. The van der Waals surface area contributed by atoms with Gasteiger partial charge in [-0.3, -0.25) is 4.79 Å². The number of ether oxygens (including phenoxy) is 1. The number of nitrogens with one attached hydrogen (secondary N) is 1. The van der Waals surface area contributed by atoms with E-state index in [-0.39, 0.29) is 5.91 Å². The lowest BCUT2D eigenvalue weighted by Crippen LogP contribution is -2.16. The minimum Gasteiger partial charge on any atom is -0.423 e. The number of rotatable bonds is 16. The number of esters is 1. The second kappa shape index (κ2) is 16.7. The van der Waals surface area contributed by atoms with Crippen LogP contribution in [0.5, 0.6) is 5.75 Å². The summed E-state index contributed by atoms with van der Waals surface area (Å²) in [4.78, 5) is 24.0. The topological polar surface area (TPSA) is 67.8 Å². The minimum atomic E-state index is -0.397. The van der Waals surface area contributed by atoms with Crippen molar-refractivity contribution in [1.82, 2.24) is 5.43 Å². The first-order valence-electron chi connectivity index (χ1n) is 12.4. The van der Waals surface area contributed by atoms with E-state index < -0.39 is 5.97 Å². The molecule has 2 rings (SSSR count). The van der Waals surface area contributed by atoms with Crippen LogP contribution in [0, 0.1) is 0 Å². The molecule has 0 radical (unpaired) electrons. The van der Waals surface area contributed by atoms with Crippen molar-refractivity contribution < 1.29 is 14.3 Å². The molecular weight excluding hydrogens is 412 g/mol. The number of amides is 1. The van der Waals surface area contributed by atoms with Gasteiger partial charge < -0.3 is 4.74 Å². The van der Waals surface area contributed by atoms with E-state index >= 15 is 0 Å². The van der Waals surface area contributed by atoms with Crippen LogP contribution >= 0.6 is 0 Å². The van der Waals surface area contributed by atoms with Crippen molar-refractivity contribution in [1.29, 1.82) is 0 Å². The fraction of sp³-hybridized carbons (Fsp3) is 0.464. The quantitative estimate of drug-likeness (QED) is 0.0979. The molecule has 0 spiro atoms. The van der Waals surface area contributed by atoms with Gasteiger partial charge in [0.05, 0.1) is 11.8 Å². The summed E-state index contributed by atoms with van der Waals surface area (Å²) in [6.45, 7) is 2.25. The summed E-state index contributed by atoms with van der Waals surface area (Å²) < 4.78 is 5.35. The van der Waals surface area contributed by atoms with E-state index in [1.807, 2.05) is 6.07 Å². The SMILES string of the molecule is CCCCCCCCCCCCCC(=O)NN=Cc1ccc(OC(=O)c2ccccc2)cc1. The summed E-state index contributed by atoms with van der Waals surface area (Å²) in [5.41, 5.74) is 3.89. The molecule has 0 fully saturated rings. The Morgan fingerprint density at radius 1 is 0.788 bits per heavy atom. The van der Waals surface area contributed by atoms with Crippen LogP contribution in [0.25, 0.3) is 0 Å². The average molecular weight is 451 g/mol. The van der Waals surface area contributed by atoms with Gasteiger partial charge in [-0.15, -0.1) is 0 Å². The normalized spacial score (nSPS) is 10.9. The number of benzene rings is 2. The van der Waals surface area contributed by atoms with Crippen molar-refractivity contribution in [3.05, 3.63) is 65.7 Å². The average Bonchev–Trinajstić information content (AvgIpc) is 2.84. The maximum Gasteiger partial charge on any atom is 0.343 e. The van der Waals surface area contributed by atoms with Crippen LogP contribution in [-0.2, 0) is 4.79 Å². The summed E-state index contributed by atoms with van der Waals surface area (Å²) in [7, 11) is 0. The highest BCUT2D eigenvalue weighted by atomic mass is 16.5. The Kier molecular flexibility index (Phi) is 13.3. The molecule has 0 aliphatic rings. The number of nitrogens with zero attached hydrogens (tertiary/aromatic N) is 1. The molecule has 0 aliphatic carbocycles. The van der Waals surface area contributed by atoms with Gasteiger partial charge in [0.2, 0.25) is 5.91 Å². The molecule has 2 aromatic rings. The predicted molar refractivity (Wildman–Crippen MR) is 135 cm³/mol. The summed E-state index contributed by atoms with van der Waals surface area (Å²) in [5, 5.41) is 4.02. The Labute approximate surface area is 198 Å². The van der Waals surface area contributed by atoms with Crippen molar-refractivity contribution in [2.75, 3.05) is 0 Å². The van der Waals surface area contributed by atoms with Crippen LogP contribution in [0.1, 0.15) is 99.9 Å². The fourth-order valence-electron chi connectivity index (χ4n) is 3.55. The molecule has 0 bridgehead atoms. The number of carbonyl (C=O) groups is 2. The molecule has 0 unspecified atom stereocenters. The van der Waals surface area contributed by atoms with E-state index in [2.05, 4.69) is 17.5 Å². The maximum atomic E-state index is 12.1. The molecule has 0 saturated heterocycles. The number of unbranched alkanes of at least 4 members (excludes halogenated alkanes) is 10. The van der Waals surface area contributed by atoms with Crippen molar-refractivity contribution in [3.63, 3.8) is 0 Å². The molecule has 5 heteroatoms. The van der Waals surface area contributed by atoms with Crippen LogP contribution in [0.4, 0.5) is 0 Å². The fourth-order valence-corrected chi connectivity index (χ4v) is 3.55. The number of carbonyl (C=O) groups excluding carboxylic acids is 2. The van der Waals surface area contributed by atoms with Crippen LogP contribution in [0.3, 0.4) is 0 Å². The van der Waals surface area contributed by atoms with Crippen LogP contribution < -0.4 is 10.2 Å². The van der Waals surface area contributed by atoms with Crippen molar-refractivity contribution in [2.45, 2.75) is 84.0 Å². The highest BCUT2D eigenvalue weighted by Gasteiger charge is 2.07. The smallest absolute Gasteiger partial charge is 0.343 e. The molecule has 2 aromatic carbocycles. The molecule has 1 N–H and O–H groups in total. The predicted octanol–water partition coefficient (Wildman–Crippen LogP) is 7.06. The number of hydrazone groups is 1. The first-order chi connectivity index (χ1) is 16.2. The van der Waals surface area contributed by atoms with E-state index in [1.165, 1.54) is 57.8 Å². The summed E-state index contributed by atoms with van der Waals surface area (Å²) in [6.07, 6.45) is 16.0. The second-order valence-corrected chi connectivity index (χ2v) is 8.40. The highest BCUT2D eigenvalue weighted by Crippen LogP contribution is 2.14. The van der Waals surface area contributed by atoms with Crippen LogP contribution in [0.15, 0.2) is 59.7 Å². The Bertz CT molecular complexity index is 832. The molecular formula is C28H38N2O3. The van der Waals surface area contributed by atoms with Gasteiger partial charge in [0.15, 0.2) is 0 Å². The maximum absolute atomic E-state index is 12.1. The van der Waals surface area contributed by atoms with Gasteiger partial charge in [-0.25, -0.2) is 10.2 Å². The zero-order chi connectivity index (χ0) is 23.6. The molecule has 0 saturated carbocycles. The van der Waals surface area contributed by atoms with Crippen molar-refractivity contribution >= 4 is 18.1 Å². The molecule has 178 valence electrons. The first kappa shape index (κ1) is 26.3. The summed E-state index contributed by atoms with van der Waals surface area (Å²) in [5.74, 6) is 0.00352. The Morgan fingerprint density at radius 3 is 1.97 bits per heavy atom. The molecule has 0 atom stereocenters. The van der Waals surface area contributed by atoms with E-state index in [9.17, 15) is 9.59 Å². The lowest BCUT2D eigenvalue weighted by Gasteiger charge is -2.04. The van der Waals surface area contributed by atoms with Gasteiger partial charge in [0.25, 0.3) is 0 Å². The largest absolute Gasteiger partial charge is 0.423 e. The van der Waals surface area contributed by atoms with E-state index in [1.54, 1.807) is 54.7 Å². The van der Waals surface area contributed by atoms with Gasteiger partial charge in [-0.05, 0) is 48.4 Å². The number of hydrogen-bond acceptors (Lipinski definition) is 4. The summed E-state index contributed by atoms with van der Waals surface area (Å²) >= 11 is 0. The molecule has 0 heterocycles. The van der Waals surface area contributed by atoms with E-state index in [0.29, 0.717) is 17.7 Å². The third-order valence-corrected chi connectivity index (χ3v) is 5.51. The number of hydrogen-bond donors (Lipinski definition) is 1. The Morgan fingerprint density at radius 2 is 1.36 bits per heavy atom. The highest BCUT2D eigenvalue weighted by molar-refractivity contribution is 5.91. The molecule has 0 aliphatic heterocycles.